The van der Waals surface area contributed by atoms with Gasteiger partial charge in [-0.05, 0) is 6.07 Å². The number of para-hydroxylation sites is 1. The number of anilines is 1. The molecule has 0 aliphatic heterocycles. The van der Waals surface area contributed by atoms with Crippen LogP contribution in [0.2, 0.25) is 0 Å². The van der Waals surface area contributed by atoms with Crippen LogP contribution in [-0.2, 0) is 22.7 Å². The fraction of sp³-hybridized carbons (Fsp3) is 0.353. The second-order valence-electron chi connectivity index (χ2n) is 5.53. The lowest BCUT2D eigenvalue weighted by Crippen LogP contribution is -2.26. The summed E-state index contributed by atoms with van der Waals surface area (Å²) in [5.74, 6) is 1.19. The van der Waals surface area contributed by atoms with Gasteiger partial charge >= 0.3 is 0 Å². The number of nitrogens with two attached hydrogens (primary N) is 1. The summed E-state index contributed by atoms with van der Waals surface area (Å²) in [6.45, 7) is 3.31. The smallest absolute Gasteiger partial charge is 0.219 e. The van der Waals surface area contributed by atoms with Crippen molar-refractivity contribution in [3.05, 3.63) is 30.1 Å². The first-order chi connectivity index (χ1) is 11.7. The van der Waals surface area contributed by atoms with E-state index in [2.05, 4.69) is 19.9 Å². The van der Waals surface area contributed by atoms with Crippen LogP contribution in [-0.4, -0.2) is 34.1 Å². The number of carbonyl (C=O) groups is 1. The zero-order valence-electron chi connectivity index (χ0n) is 13.9. The van der Waals surface area contributed by atoms with Gasteiger partial charge in [0.1, 0.15) is 17.9 Å². The number of ether oxygens (including phenoxy) is 1. The minimum atomic E-state index is 0.0266. The van der Waals surface area contributed by atoms with Gasteiger partial charge in [0.2, 0.25) is 5.91 Å². The molecule has 7 nitrogen and oxygen atoms in total. The summed E-state index contributed by atoms with van der Waals surface area (Å²) in [5, 5.41) is 3.88. The fourth-order valence-electron chi connectivity index (χ4n) is 2.82. The van der Waals surface area contributed by atoms with E-state index in [0.29, 0.717) is 37.5 Å². The average molecular weight is 327 g/mol. The number of nitrogen functional groups attached to an aromatic ring is 1. The summed E-state index contributed by atoms with van der Waals surface area (Å²) >= 11 is 0. The van der Waals surface area contributed by atoms with Crippen LogP contribution in [0.3, 0.4) is 0 Å². The summed E-state index contributed by atoms with van der Waals surface area (Å²) in [4.78, 5) is 20.5. The minimum Gasteiger partial charge on any atom is -0.382 e. The van der Waals surface area contributed by atoms with Crippen molar-refractivity contribution in [2.24, 2.45) is 0 Å². The summed E-state index contributed by atoms with van der Waals surface area (Å²) in [7, 11) is 1.63. The highest BCUT2D eigenvalue weighted by molar-refractivity contribution is 6.06. The van der Waals surface area contributed by atoms with E-state index in [-0.39, 0.29) is 5.91 Å². The first-order valence-corrected chi connectivity index (χ1v) is 7.94. The molecular formula is C17H21N5O2. The maximum absolute atomic E-state index is 11.5. The van der Waals surface area contributed by atoms with E-state index in [1.54, 1.807) is 7.11 Å². The van der Waals surface area contributed by atoms with E-state index in [9.17, 15) is 4.79 Å². The molecule has 3 N–H and O–H groups in total. The molecule has 0 radical (unpaired) electrons. The Labute approximate surface area is 139 Å². The normalized spacial score (nSPS) is 11.2. The molecule has 2 aromatic heterocycles. The first kappa shape index (κ1) is 16.2. The second-order valence-corrected chi connectivity index (χ2v) is 5.53. The topological polar surface area (TPSA) is 95.1 Å². The molecule has 0 fully saturated rings. The molecule has 2 heterocycles. The Kier molecular flexibility index (Phi) is 4.61. The van der Waals surface area contributed by atoms with Crippen LogP contribution in [0.1, 0.15) is 19.2 Å². The second kappa shape index (κ2) is 6.84. The molecule has 0 spiro atoms. The first-order valence-electron chi connectivity index (χ1n) is 7.94. The van der Waals surface area contributed by atoms with E-state index in [4.69, 9.17) is 10.5 Å². The number of imidazole rings is 1. The number of methoxy groups -OCH3 is 1. The number of fused-ring (bicyclic) bond motifs is 3. The van der Waals surface area contributed by atoms with Gasteiger partial charge in [-0.15, -0.1) is 0 Å². The van der Waals surface area contributed by atoms with Gasteiger partial charge < -0.3 is 20.4 Å². The molecule has 0 saturated carbocycles. The molecule has 0 atom stereocenters. The fourth-order valence-corrected chi connectivity index (χ4v) is 2.82. The number of benzene rings is 1. The van der Waals surface area contributed by atoms with E-state index in [1.807, 2.05) is 31.2 Å². The van der Waals surface area contributed by atoms with Gasteiger partial charge in [0, 0.05) is 32.0 Å². The van der Waals surface area contributed by atoms with E-state index < -0.39 is 0 Å². The summed E-state index contributed by atoms with van der Waals surface area (Å²) in [5.41, 5.74) is 8.52. The van der Waals surface area contributed by atoms with Gasteiger partial charge in [-0.2, -0.15) is 0 Å². The lowest BCUT2D eigenvalue weighted by atomic mass is 10.2. The third kappa shape index (κ3) is 2.90. The number of pyridine rings is 1. The van der Waals surface area contributed by atoms with Crippen LogP contribution in [0.4, 0.5) is 5.82 Å². The predicted molar refractivity (Wildman–Crippen MR) is 93.5 cm³/mol. The third-order valence-corrected chi connectivity index (χ3v) is 3.94. The monoisotopic (exact) mass is 327 g/mol. The highest BCUT2D eigenvalue weighted by Crippen LogP contribution is 2.28. The number of carbonyl (C=O) groups excluding carboxylic acids is 1. The lowest BCUT2D eigenvalue weighted by molar-refractivity contribution is -0.120. The van der Waals surface area contributed by atoms with Crippen molar-refractivity contribution in [3.63, 3.8) is 0 Å². The molecular weight excluding hydrogens is 306 g/mol. The van der Waals surface area contributed by atoms with Crippen LogP contribution >= 0.6 is 0 Å². The van der Waals surface area contributed by atoms with E-state index >= 15 is 0 Å². The van der Waals surface area contributed by atoms with Gasteiger partial charge in [0.25, 0.3) is 0 Å². The number of rotatable bonds is 6. The lowest BCUT2D eigenvalue weighted by Gasteiger charge is -2.11. The summed E-state index contributed by atoms with van der Waals surface area (Å²) in [6.07, 6.45) is 0.468. The van der Waals surface area contributed by atoms with Crippen LogP contribution in [0, 0.1) is 0 Å². The SMILES string of the molecule is CCC(=O)NCCn1c(COC)nc2c(N)nc3ccccc3c21. The van der Waals surface area contributed by atoms with Crippen molar-refractivity contribution >= 4 is 33.7 Å². The standard InChI is InChI=1S/C17H21N5O2/c1-3-14(23)19-8-9-22-13(10-24-2)21-15-16(22)11-6-4-5-7-12(11)20-17(15)18/h4-7H,3,8-10H2,1-2H3,(H2,18,20)(H,19,23). The number of hydrogen-bond donors (Lipinski definition) is 2. The Balaban J connectivity index is 2.12. The molecule has 3 rings (SSSR count). The molecule has 7 heteroatoms. The van der Waals surface area contributed by atoms with Crippen molar-refractivity contribution in [1.29, 1.82) is 0 Å². The van der Waals surface area contributed by atoms with Gasteiger partial charge in [0.15, 0.2) is 5.82 Å². The maximum Gasteiger partial charge on any atom is 0.219 e. The van der Waals surface area contributed by atoms with Gasteiger partial charge in [-0.3, -0.25) is 4.79 Å². The summed E-state index contributed by atoms with van der Waals surface area (Å²) in [6, 6.07) is 7.82. The van der Waals surface area contributed by atoms with Crippen molar-refractivity contribution < 1.29 is 9.53 Å². The van der Waals surface area contributed by atoms with E-state index in [0.717, 1.165) is 22.2 Å². The number of amides is 1. The maximum atomic E-state index is 11.5. The Hall–Kier alpha value is -2.67. The molecule has 24 heavy (non-hydrogen) atoms. The third-order valence-electron chi connectivity index (χ3n) is 3.94. The average Bonchev–Trinajstić information content (AvgIpc) is 2.95. The van der Waals surface area contributed by atoms with Crippen molar-refractivity contribution in [2.45, 2.75) is 26.5 Å². The summed E-state index contributed by atoms with van der Waals surface area (Å²) < 4.78 is 7.32. The van der Waals surface area contributed by atoms with E-state index in [1.165, 1.54) is 0 Å². The number of aromatic nitrogens is 3. The van der Waals surface area contributed by atoms with Gasteiger partial charge in [-0.1, -0.05) is 25.1 Å². The number of nitrogens with one attached hydrogen (secondary N) is 1. The molecule has 1 amide bonds. The highest BCUT2D eigenvalue weighted by atomic mass is 16.5. The molecule has 0 unspecified atom stereocenters. The van der Waals surface area contributed by atoms with Crippen molar-refractivity contribution in [2.75, 3.05) is 19.4 Å². The van der Waals surface area contributed by atoms with Gasteiger partial charge in [0.05, 0.1) is 11.0 Å². The minimum absolute atomic E-state index is 0.0266. The van der Waals surface area contributed by atoms with Crippen LogP contribution in [0.15, 0.2) is 24.3 Å². The largest absolute Gasteiger partial charge is 0.382 e. The molecule has 0 saturated heterocycles. The molecule has 0 bridgehead atoms. The quantitative estimate of drug-likeness (QED) is 0.720. The van der Waals surface area contributed by atoms with Crippen molar-refractivity contribution in [1.82, 2.24) is 19.9 Å². The predicted octanol–water partition coefficient (Wildman–Crippen LogP) is 1.84. The number of hydrogen-bond acceptors (Lipinski definition) is 5. The zero-order chi connectivity index (χ0) is 17.1. The molecule has 126 valence electrons. The zero-order valence-corrected chi connectivity index (χ0v) is 13.9. The molecule has 0 aliphatic carbocycles. The molecule has 1 aromatic carbocycles. The Morgan fingerprint density at radius 2 is 2.12 bits per heavy atom. The van der Waals surface area contributed by atoms with Crippen LogP contribution < -0.4 is 11.1 Å². The van der Waals surface area contributed by atoms with Crippen LogP contribution in [0.25, 0.3) is 21.9 Å². The highest BCUT2D eigenvalue weighted by Gasteiger charge is 2.17. The Bertz CT molecular complexity index is 887. The Morgan fingerprint density at radius 1 is 1.33 bits per heavy atom. The van der Waals surface area contributed by atoms with Gasteiger partial charge in [-0.25, -0.2) is 9.97 Å². The Morgan fingerprint density at radius 3 is 2.88 bits per heavy atom. The number of nitrogens with zero attached hydrogens (tertiary/aromatic N) is 3. The van der Waals surface area contributed by atoms with Crippen molar-refractivity contribution in [3.8, 4) is 0 Å². The molecule has 0 aliphatic rings. The van der Waals surface area contributed by atoms with Crippen LogP contribution in [0.5, 0.6) is 0 Å². The molecule has 3 aromatic rings.